The first-order valence-corrected chi connectivity index (χ1v) is 9.83. The van der Waals surface area contributed by atoms with E-state index in [0.717, 1.165) is 29.2 Å². The fourth-order valence-corrected chi connectivity index (χ4v) is 3.94. The molecule has 27 heavy (non-hydrogen) atoms. The number of hydrogen-bond donors (Lipinski definition) is 0. The van der Waals surface area contributed by atoms with Crippen molar-refractivity contribution >= 4 is 27.4 Å². The fraction of sp³-hybridized carbons (Fsp3) is 0.227. The van der Waals surface area contributed by atoms with E-state index in [2.05, 4.69) is 92.5 Å². The highest BCUT2D eigenvalue weighted by Crippen LogP contribution is 2.42. The van der Waals surface area contributed by atoms with E-state index >= 15 is 0 Å². The zero-order chi connectivity index (χ0) is 18.6. The Morgan fingerprint density at radius 2 is 1.67 bits per heavy atom. The van der Waals surface area contributed by atoms with Gasteiger partial charge in [-0.25, -0.2) is 4.98 Å². The summed E-state index contributed by atoms with van der Waals surface area (Å²) in [6, 6.07) is 23.5. The van der Waals surface area contributed by atoms with E-state index in [9.17, 15) is 0 Å². The summed E-state index contributed by atoms with van der Waals surface area (Å²) in [4.78, 5) is 9.47. The van der Waals surface area contributed by atoms with Gasteiger partial charge in [0.1, 0.15) is 0 Å². The minimum atomic E-state index is 0.104. The summed E-state index contributed by atoms with van der Waals surface area (Å²) in [5.41, 5.74) is 3.65. The lowest BCUT2D eigenvalue weighted by molar-refractivity contribution is 0.205. The number of nitrogens with zero attached hydrogens (tertiary/aromatic N) is 3. The van der Waals surface area contributed by atoms with E-state index in [4.69, 9.17) is 9.72 Å². The Hall–Kier alpha value is -2.37. The van der Waals surface area contributed by atoms with Crippen LogP contribution in [-0.2, 0) is 4.74 Å². The van der Waals surface area contributed by atoms with Crippen molar-refractivity contribution in [3.05, 3.63) is 88.5 Å². The minimum Gasteiger partial charge on any atom is -0.383 e. The van der Waals surface area contributed by atoms with Gasteiger partial charge in [-0.1, -0.05) is 60.7 Å². The number of fused-ring (bicyclic) bond motifs is 1. The molecule has 0 saturated carbocycles. The van der Waals surface area contributed by atoms with Crippen LogP contribution in [0.25, 0.3) is 0 Å². The molecular formula is C22H22BrN3O. The number of halogens is 1. The lowest BCUT2D eigenvalue weighted by Crippen LogP contribution is -2.36. The average molecular weight is 424 g/mol. The molecule has 4 nitrogen and oxygen atoms in total. The van der Waals surface area contributed by atoms with Crippen LogP contribution in [0.3, 0.4) is 0 Å². The van der Waals surface area contributed by atoms with Crippen LogP contribution in [0, 0.1) is 0 Å². The standard InChI is InChI=1S/C22H22BrN3O/c1-27-13-12-25-16-26(22-20(25)14-19(23)15-24-22)21(17-8-4-2-5-9-17)18-10-6-3-7-11-18/h2-11,14-15,21H,12-13,16H2,1H3. The molecule has 1 aromatic heterocycles. The Kier molecular flexibility index (Phi) is 5.41. The Morgan fingerprint density at radius 3 is 2.26 bits per heavy atom. The second-order valence-electron chi connectivity index (χ2n) is 6.59. The van der Waals surface area contributed by atoms with Crippen molar-refractivity contribution in [2.45, 2.75) is 6.04 Å². The van der Waals surface area contributed by atoms with Crippen molar-refractivity contribution in [3.63, 3.8) is 0 Å². The highest BCUT2D eigenvalue weighted by Gasteiger charge is 2.33. The number of pyridine rings is 1. The Labute approximate surface area is 168 Å². The summed E-state index contributed by atoms with van der Waals surface area (Å²) in [6.07, 6.45) is 1.87. The predicted octanol–water partition coefficient (Wildman–Crippen LogP) is 4.86. The van der Waals surface area contributed by atoms with Gasteiger partial charge in [0.05, 0.1) is 25.0 Å². The maximum atomic E-state index is 5.32. The molecule has 0 amide bonds. The largest absolute Gasteiger partial charge is 0.383 e. The summed E-state index contributed by atoms with van der Waals surface area (Å²) < 4.78 is 6.31. The molecule has 0 atom stereocenters. The first-order chi connectivity index (χ1) is 13.3. The molecule has 5 heteroatoms. The normalized spacial score (nSPS) is 13.3. The van der Waals surface area contributed by atoms with Crippen LogP contribution in [0.5, 0.6) is 0 Å². The molecule has 0 N–H and O–H groups in total. The first kappa shape index (κ1) is 18.0. The number of methoxy groups -OCH3 is 1. The van der Waals surface area contributed by atoms with Crippen LogP contribution >= 0.6 is 15.9 Å². The molecule has 0 fully saturated rings. The van der Waals surface area contributed by atoms with Gasteiger partial charge >= 0.3 is 0 Å². The monoisotopic (exact) mass is 423 g/mol. The van der Waals surface area contributed by atoms with Gasteiger partial charge in [-0.05, 0) is 33.1 Å². The second-order valence-corrected chi connectivity index (χ2v) is 7.50. The van der Waals surface area contributed by atoms with Crippen molar-refractivity contribution in [2.24, 2.45) is 0 Å². The van der Waals surface area contributed by atoms with Gasteiger partial charge in [0, 0.05) is 24.3 Å². The lowest BCUT2D eigenvalue weighted by Gasteiger charge is -2.30. The number of benzene rings is 2. The maximum Gasteiger partial charge on any atom is 0.154 e. The van der Waals surface area contributed by atoms with Crippen LogP contribution in [0.1, 0.15) is 17.2 Å². The van der Waals surface area contributed by atoms with Gasteiger partial charge in [0.15, 0.2) is 5.82 Å². The second kappa shape index (κ2) is 8.11. The Morgan fingerprint density at radius 1 is 1.04 bits per heavy atom. The zero-order valence-electron chi connectivity index (χ0n) is 15.3. The van der Waals surface area contributed by atoms with Gasteiger partial charge in [0.2, 0.25) is 0 Å². The first-order valence-electron chi connectivity index (χ1n) is 9.04. The van der Waals surface area contributed by atoms with Gasteiger partial charge in [-0.15, -0.1) is 0 Å². The molecule has 1 aliphatic rings. The summed E-state index contributed by atoms with van der Waals surface area (Å²) in [5.74, 6) is 1.01. The molecule has 0 bridgehead atoms. The third-order valence-corrected chi connectivity index (χ3v) is 5.29. The summed E-state index contributed by atoms with van der Waals surface area (Å²) >= 11 is 3.57. The maximum absolute atomic E-state index is 5.32. The zero-order valence-corrected chi connectivity index (χ0v) is 16.8. The topological polar surface area (TPSA) is 28.6 Å². The molecule has 2 aromatic carbocycles. The van der Waals surface area contributed by atoms with E-state index in [0.29, 0.717) is 6.61 Å². The van der Waals surface area contributed by atoms with Crippen LogP contribution in [0.15, 0.2) is 77.4 Å². The molecule has 2 heterocycles. The van der Waals surface area contributed by atoms with Gasteiger partial charge < -0.3 is 14.5 Å². The highest BCUT2D eigenvalue weighted by molar-refractivity contribution is 9.10. The summed E-state index contributed by atoms with van der Waals surface area (Å²) in [6.45, 7) is 2.28. The Balaban J connectivity index is 1.79. The van der Waals surface area contributed by atoms with E-state index in [-0.39, 0.29) is 6.04 Å². The smallest absolute Gasteiger partial charge is 0.154 e. The van der Waals surface area contributed by atoms with Gasteiger partial charge in [-0.2, -0.15) is 0 Å². The van der Waals surface area contributed by atoms with Gasteiger partial charge in [0.25, 0.3) is 0 Å². The molecule has 0 aliphatic carbocycles. The van der Waals surface area contributed by atoms with Crippen LogP contribution < -0.4 is 9.80 Å². The van der Waals surface area contributed by atoms with Crippen molar-refractivity contribution in [1.29, 1.82) is 0 Å². The Bertz CT molecular complexity index is 849. The van der Waals surface area contributed by atoms with Crippen LogP contribution in [0.2, 0.25) is 0 Å². The average Bonchev–Trinajstić information content (AvgIpc) is 3.05. The highest BCUT2D eigenvalue weighted by atomic mass is 79.9. The van der Waals surface area contributed by atoms with E-state index in [1.54, 1.807) is 7.11 Å². The molecule has 0 unspecified atom stereocenters. The molecule has 0 spiro atoms. The number of aromatic nitrogens is 1. The molecule has 0 radical (unpaired) electrons. The molecule has 138 valence electrons. The quantitative estimate of drug-likeness (QED) is 0.565. The summed E-state index contributed by atoms with van der Waals surface area (Å²) in [5, 5.41) is 0. The third kappa shape index (κ3) is 3.70. The lowest BCUT2D eigenvalue weighted by atomic mass is 9.97. The van der Waals surface area contributed by atoms with Crippen molar-refractivity contribution in [1.82, 2.24) is 4.98 Å². The van der Waals surface area contributed by atoms with Crippen molar-refractivity contribution < 1.29 is 4.74 Å². The number of anilines is 2. The minimum absolute atomic E-state index is 0.104. The van der Waals surface area contributed by atoms with Crippen molar-refractivity contribution in [3.8, 4) is 0 Å². The van der Waals surface area contributed by atoms with Gasteiger partial charge in [-0.3, -0.25) is 0 Å². The summed E-state index contributed by atoms with van der Waals surface area (Å²) in [7, 11) is 1.74. The molecule has 0 saturated heterocycles. The number of ether oxygens (including phenoxy) is 1. The molecule has 4 rings (SSSR count). The number of rotatable bonds is 6. The van der Waals surface area contributed by atoms with E-state index in [1.807, 2.05) is 6.20 Å². The molecule has 1 aliphatic heterocycles. The van der Waals surface area contributed by atoms with Crippen LogP contribution in [-0.4, -0.2) is 31.9 Å². The number of hydrogen-bond acceptors (Lipinski definition) is 4. The molecule has 3 aromatic rings. The van der Waals surface area contributed by atoms with E-state index < -0.39 is 0 Å². The SMILES string of the molecule is COCCN1CN(C(c2ccccc2)c2ccccc2)c2ncc(Br)cc21. The van der Waals surface area contributed by atoms with Crippen LogP contribution in [0.4, 0.5) is 11.5 Å². The molecular weight excluding hydrogens is 402 g/mol. The van der Waals surface area contributed by atoms with Crippen molar-refractivity contribution in [2.75, 3.05) is 36.7 Å². The predicted molar refractivity (Wildman–Crippen MR) is 113 cm³/mol. The fourth-order valence-electron chi connectivity index (χ4n) is 3.62. The third-order valence-electron chi connectivity index (χ3n) is 4.86. The van der Waals surface area contributed by atoms with E-state index in [1.165, 1.54) is 11.1 Å².